The molecule has 0 aliphatic carbocycles. The van der Waals surface area contributed by atoms with Crippen LogP contribution in [0.1, 0.15) is 24.0 Å². The van der Waals surface area contributed by atoms with Gasteiger partial charge >= 0.3 is 0 Å². The lowest BCUT2D eigenvalue weighted by Gasteiger charge is -2.32. The SMILES string of the molecule is CCc1nc(Nc2nccnc2Cc2ccccc2)nc(N2CCN(C)CC2)n1. The van der Waals surface area contributed by atoms with Crippen LogP contribution in [0.5, 0.6) is 0 Å². The average Bonchev–Trinajstić information content (AvgIpc) is 2.76. The molecule has 1 aliphatic heterocycles. The molecule has 4 rings (SSSR count). The van der Waals surface area contributed by atoms with Crippen LogP contribution in [0.15, 0.2) is 42.7 Å². The molecule has 0 bridgehead atoms. The fourth-order valence-corrected chi connectivity index (χ4v) is 3.27. The van der Waals surface area contributed by atoms with Gasteiger partial charge in [-0.25, -0.2) is 4.98 Å². The molecule has 1 fully saturated rings. The molecule has 1 N–H and O–H groups in total. The molecular weight excluding hydrogens is 364 g/mol. The summed E-state index contributed by atoms with van der Waals surface area (Å²) >= 11 is 0. The number of nitrogens with zero attached hydrogens (tertiary/aromatic N) is 7. The van der Waals surface area contributed by atoms with Crippen molar-refractivity contribution in [1.82, 2.24) is 29.8 Å². The average molecular weight is 390 g/mol. The van der Waals surface area contributed by atoms with Crippen molar-refractivity contribution in [2.45, 2.75) is 19.8 Å². The maximum absolute atomic E-state index is 4.68. The molecule has 2 aromatic heterocycles. The third kappa shape index (κ3) is 4.83. The number of hydrogen-bond acceptors (Lipinski definition) is 8. The number of piperazine rings is 1. The number of aryl methyl sites for hydroxylation is 1. The van der Waals surface area contributed by atoms with Crippen molar-refractivity contribution in [3.63, 3.8) is 0 Å². The van der Waals surface area contributed by atoms with Crippen molar-refractivity contribution in [3.05, 3.63) is 59.8 Å². The maximum atomic E-state index is 4.68. The Morgan fingerprint density at radius 2 is 1.69 bits per heavy atom. The van der Waals surface area contributed by atoms with Crippen molar-refractivity contribution in [1.29, 1.82) is 0 Å². The van der Waals surface area contributed by atoms with Crippen LogP contribution in [0.3, 0.4) is 0 Å². The predicted octanol–water partition coefficient (Wildman–Crippen LogP) is 2.31. The Morgan fingerprint density at radius 1 is 0.931 bits per heavy atom. The first kappa shape index (κ1) is 19.2. The number of likely N-dealkylation sites (N-methyl/N-ethyl adjacent to an activating group) is 1. The van der Waals surface area contributed by atoms with Gasteiger partial charge in [0, 0.05) is 51.4 Å². The number of anilines is 3. The standard InChI is InChI=1S/C21H26N8/c1-3-18-24-20(27-21(25-18)29-13-11-28(2)12-14-29)26-19-17(22-9-10-23-19)15-16-7-5-4-6-8-16/h4-10H,3,11-15H2,1-2H3,(H,23,24,25,26,27). The summed E-state index contributed by atoms with van der Waals surface area (Å²) in [6, 6.07) is 10.2. The topological polar surface area (TPSA) is 83.0 Å². The third-order valence-electron chi connectivity index (χ3n) is 4.99. The Kier molecular flexibility index (Phi) is 5.90. The van der Waals surface area contributed by atoms with Crippen LogP contribution in [0.2, 0.25) is 0 Å². The minimum atomic E-state index is 0.514. The van der Waals surface area contributed by atoms with Gasteiger partial charge in [-0.05, 0) is 12.6 Å². The monoisotopic (exact) mass is 390 g/mol. The van der Waals surface area contributed by atoms with Gasteiger partial charge in [-0.1, -0.05) is 37.3 Å². The quantitative estimate of drug-likeness (QED) is 0.687. The first-order chi connectivity index (χ1) is 14.2. The second kappa shape index (κ2) is 8.91. The molecule has 0 unspecified atom stereocenters. The van der Waals surface area contributed by atoms with Crippen LogP contribution in [-0.4, -0.2) is 63.0 Å². The van der Waals surface area contributed by atoms with Crippen LogP contribution in [0.25, 0.3) is 0 Å². The Hall–Kier alpha value is -3.13. The highest BCUT2D eigenvalue weighted by Crippen LogP contribution is 2.19. The fourth-order valence-electron chi connectivity index (χ4n) is 3.27. The Labute approximate surface area is 171 Å². The predicted molar refractivity (Wildman–Crippen MR) is 113 cm³/mol. The summed E-state index contributed by atoms with van der Waals surface area (Å²) in [6.45, 7) is 5.87. The lowest BCUT2D eigenvalue weighted by molar-refractivity contribution is 0.311. The molecule has 0 atom stereocenters. The molecule has 8 heteroatoms. The van der Waals surface area contributed by atoms with Crippen LogP contribution in [0.4, 0.5) is 17.7 Å². The normalized spacial score (nSPS) is 14.8. The summed E-state index contributed by atoms with van der Waals surface area (Å²) in [5.74, 6) is 2.68. The second-order valence-electron chi connectivity index (χ2n) is 7.16. The van der Waals surface area contributed by atoms with E-state index >= 15 is 0 Å². The van der Waals surface area contributed by atoms with Crippen molar-refractivity contribution < 1.29 is 0 Å². The zero-order valence-electron chi connectivity index (χ0n) is 16.9. The van der Waals surface area contributed by atoms with E-state index in [0.29, 0.717) is 18.2 Å². The number of benzene rings is 1. The molecule has 0 spiro atoms. The van der Waals surface area contributed by atoms with E-state index in [1.165, 1.54) is 5.56 Å². The Morgan fingerprint density at radius 3 is 2.45 bits per heavy atom. The molecule has 3 aromatic rings. The second-order valence-corrected chi connectivity index (χ2v) is 7.16. The molecule has 29 heavy (non-hydrogen) atoms. The minimum absolute atomic E-state index is 0.514. The van der Waals surface area contributed by atoms with Crippen molar-refractivity contribution >= 4 is 17.7 Å². The zero-order chi connectivity index (χ0) is 20.1. The lowest BCUT2D eigenvalue weighted by atomic mass is 10.1. The van der Waals surface area contributed by atoms with Gasteiger partial charge in [-0.3, -0.25) is 4.98 Å². The summed E-state index contributed by atoms with van der Waals surface area (Å²) in [6.07, 6.45) is 4.83. The van der Waals surface area contributed by atoms with Crippen molar-refractivity contribution in [2.75, 3.05) is 43.4 Å². The first-order valence-corrected chi connectivity index (χ1v) is 10.0. The molecule has 0 radical (unpaired) electrons. The molecular formula is C21H26N8. The van der Waals surface area contributed by atoms with Gasteiger partial charge in [0.05, 0.1) is 5.69 Å². The number of hydrogen-bond donors (Lipinski definition) is 1. The van der Waals surface area contributed by atoms with Crippen LogP contribution in [0, 0.1) is 0 Å². The van der Waals surface area contributed by atoms with Gasteiger partial charge in [0.2, 0.25) is 11.9 Å². The van der Waals surface area contributed by atoms with E-state index in [4.69, 9.17) is 0 Å². The Bertz CT molecular complexity index is 938. The van der Waals surface area contributed by atoms with Crippen LogP contribution < -0.4 is 10.2 Å². The first-order valence-electron chi connectivity index (χ1n) is 10.0. The van der Waals surface area contributed by atoms with E-state index in [1.54, 1.807) is 12.4 Å². The number of aromatic nitrogens is 5. The summed E-state index contributed by atoms with van der Waals surface area (Å²) in [5.41, 5.74) is 2.04. The fraction of sp³-hybridized carbons (Fsp3) is 0.381. The molecule has 0 saturated carbocycles. The highest BCUT2D eigenvalue weighted by molar-refractivity contribution is 5.53. The number of nitrogens with one attached hydrogen (secondary N) is 1. The van der Waals surface area contributed by atoms with Gasteiger partial charge in [0.1, 0.15) is 5.82 Å². The van der Waals surface area contributed by atoms with E-state index < -0.39 is 0 Å². The maximum Gasteiger partial charge on any atom is 0.233 e. The molecule has 1 aromatic carbocycles. The van der Waals surface area contributed by atoms with E-state index in [1.807, 2.05) is 18.2 Å². The van der Waals surface area contributed by atoms with Crippen LogP contribution >= 0.6 is 0 Å². The van der Waals surface area contributed by atoms with E-state index in [0.717, 1.165) is 50.1 Å². The third-order valence-corrected chi connectivity index (χ3v) is 4.99. The molecule has 150 valence electrons. The van der Waals surface area contributed by atoms with Gasteiger partial charge in [0.25, 0.3) is 0 Å². The van der Waals surface area contributed by atoms with Gasteiger partial charge in [-0.15, -0.1) is 0 Å². The summed E-state index contributed by atoms with van der Waals surface area (Å²) in [4.78, 5) is 27.4. The summed E-state index contributed by atoms with van der Waals surface area (Å²) < 4.78 is 0. The van der Waals surface area contributed by atoms with Crippen LogP contribution in [-0.2, 0) is 12.8 Å². The smallest absolute Gasteiger partial charge is 0.233 e. The lowest BCUT2D eigenvalue weighted by Crippen LogP contribution is -2.45. The highest BCUT2D eigenvalue weighted by Gasteiger charge is 2.19. The molecule has 3 heterocycles. The summed E-state index contributed by atoms with van der Waals surface area (Å²) in [5, 5.41) is 3.28. The van der Waals surface area contributed by atoms with Gasteiger partial charge in [-0.2, -0.15) is 15.0 Å². The molecule has 0 amide bonds. The van der Waals surface area contributed by atoms with E-state index in [-0.39, 0.29) is 0 Å². The highest BCUT2D eigenvalue weighted by atomic mass is 15.3. The Balaban J connectivity index is 1.58. The van der Waals surface area contributed by atoms with E-state index in [9.17, 15) is 0 Å². The van der Waals surface area contributed by atoms with Gasteiger partial charge < -0.3 is 15.1 Å². The molecule has 1 saturated heterocycles. The zero-order valence-corrected chi connectivity index (χ0v) is 16.9. The largest absolute Gasteiger partial charge is 0.338 e. The van der Waals surface area contributed by atoms with Gasteiger partial charge in [0.15, 0.2) is 5.82 Å². The van der Waals surface area contributed by atoms with E-state index in [2.05, 4.69) is 66.1 Å². The molecule has 1 aliphatic rings. The minimum Gasteiger partial charge on any atom is -0.338 e. The van der Waals surface area contributed by atoms with Crippen molar-refractivity contribution in [2.24, 2.45) is 0 Å². The molecule has 8 nitrogen and oxygen atoms in total. The van der Waals surface area contributed by atoms with Crippen molar-refractivity contribution in [3.8, 4) is 0 Å². The summed E-state index contributed by atoms with van der Waals surface area (Å²) in [7, 11) is 2.14. The number of rotatable bonds is 6.